The molecule has 2 aromatic carbocycles. The van der Waals surface area contributed by atoms with Gasteiger partial charge in [0.25, 0.3) is 0 Å². The van der Waals surface area contributed by atoms with Gasteiger partial charge in [0.2, 0.25) is 5.91 Å². The Bertz CT molecular complexity index is 639. The minimum Gasteiger partial charge on any atom is -0.326 e. The van der Waals surface area contributed by atoms with E-state index in [2.05, 4.69) is 5.32 Å². The molecule has 0 saturated heterocycles. The largest absolute Gasteiger partial charge is 0.326 e. The highest BCUT2D eigenvalue weighted by Gasteiger charge is 2.08. The highest BCUT2D eigenvalue weighted by atomic mass is 19.2. The molecule has 3 nitrogen and oxygen atoms in total. The van der Waals surface area contributed by atoms with E-state index in [4.69, 9.17) is 5.73 Å². The normalized spacial score (nSPS) is 12.0. The van der Waals surface area contributed by atoms with Crippen LogP contribution in [0, 0.1) is 11.6 Å². The molecule has 0 fully saturated rings. The summed E-state index contributed by atoms with van der Waals surface area (Å²) in [5, 5.41) is 2.69. The second-order valence-electron chi connectivity index (χ2n) is 4.88. The lowest BCUT2D eigenvalue weighted by Gasteiger charge is -2.08. The number of benzene rings is 2. The molecule has 0 aromatic heterocycles. The van der Waals surface area contributed by atoms with Crippen LogP contribution in [0.3, 0.4) is 0 Å². The smallest absolute Gasteiger partial charge is 0.228 e. The first-order chi connectivity index (χ1) is 9.95. The van der Waals surface area contributed by atoms with Crippen molar-refractivity contribution >= 4 is 11.6 Å². The van der Waals surface area contributed by atoms with Crippen LogP contribution >= 0.6 is 0 Å². The van der Waals surface area contributed by atoms with Crippen molar-refractivity contribution in [3.05, 3.63) is 65.2 Å². The van der Waals surface area contributed by atoms with Gasteiger partial charge < -0.3 is 11.1 Å². The highest BCUT2D eigenvalue weighted by Crippen LogP contribution is 2.15. The number of amides is 1. The molecule has 1 unspecified atom stereocenters. The van der Waals surface area contributed by atoms with E-state index < -0.39 is 11.6 Å². The number of anilines is 1. The molecular formula is C16H16F2N2O. The van der Waals surface area contributed by atoms with Gasteiger partial charge in [-0.05, 0) is 42.3 Å². The summed E-state index contributed by atoms with van der Waals surface area (Å²) in [6.45, 7) is 1.87. The van der Waals surface area contributed by atoms with Crippen LogP contribution in [0.4, 0.5) is 14.5 Å². The van der Waals surface area contributed by atoms with Gasteiger partial charge in [0.1, 0.15) is 0 Å². The Kier molecular flexibility index (Phi) is 4.65. The molecule has 21 heavy (non-hydrogen) atoms. The summed E-state index contributed by atoms with van der Waals surface area (Å²) in [5.74, 6) is -2.18. The number of nitrogens with one attached hydrogen (secondary N) is 1. The first-order valence-electron chi connectivity index (χ1n) is 6.55. The van der Waals surface area contributed by atoms with E-state index in [1.165, 1.54) is 6.07 Å². The van der Waals surface area contributed by atoms with E-state index in [1.54, 1.807) is 12.1 Å². The fourth-order valence-corrected chi connectivity index (χ4v) is 1.91. The van der Waals surface area contributed by atoms with Gasteiger partial charge in [-0.15, -0.1) is 0 Å². The Hall–Kier alpha value is -2.27. The second kappa shape index (κ2) is 6.45. The summed E-state index contributed by atoms with van der Waals surface area (Å²) in [6.07, 6.45) is -0.0216. The zero-order valence-corrected chi connectivity index (χ0v) is 11.6. The zero-order chi connectivity index (χ0) is 15.4. The van der Waals surface area contributed by atoms with Crippen LogP contribution in [0.2, 0.25) is 0 Å². The van der Waals surface area contributed by atoms with Gasteiger partial charge in [0.15, 0.2) is 11.6 Å². The summed E-state index contributed by atoms with van der Waals surface area (Å²) >= 11 is 0. The predicted molar refractivity (Wildman–Crippen MR) is 77.7 cm³/mol. The van der Waals surface area contributed by atoms with Crippen molar-refractivity contribution in [3.8, 4) is 0 Å². The standard InChI is InChI=1S/C16H16F2N2O/c1-10(19)12-3-5-13(6-4-12)20-16(21)9-11-2-7-14(17)15(18)8-11/h2-8,10H,9,19H2,1H3,(H,20,21). The fourth-order valence-electron chi connectivity index (χ4n) is 1.91. The van der Waals surface area contributed by atoms with Gasteiger partial charge >= 0.3 is 0 Å². The summed E-state index contributed by atoms with van der Waals surface area (Å²) in [6, 6.07) is 10.5. The van der Waals surface area contributed by atoms with Crippen molar-refractivity contribution in [1.29, 1.82) is 0 Å². The topological polar surface area (TPSA) is 55.1 Å². The number of rotatable bonds is 4. The average molecular weight is 290 g/mol. The van der Waals surface area contributed by atoms with Crippen LogP contribution in [0.25, 0.3) is 0 Å². The minimum atomic E-state index is -0.957. The number of halogens is 2. The Balaban J connectivity index is 1.99. The number of hydrogen-bond acceptors (Lipinski definition) is 2. The molecule has 110 valence electrons. The molecule has 0 heterocycles. The summed E-state index contributed by atoms with van der Waals surface area (Å²) in [5.41, 5.74) is 7.75. The fraction of sp³-hybridized carbons (Fsp3) is 0.188. The minimum absolute atomic E-state index is 0.0216. The van der Waals surface area contributed by atoms with Crippen molar-refractivity contribution in [2.24, 2.45) is 5.73 Å². The van der Waals surface area contributed by atoms with Gasteiger partial charge in [0, 0.05) is 11.7 Å². The lowest BCUT2D eigenvalue weighted by molar-refractivity contribution is -0.115. The lowest BCUT2D eigenvalue weighted by atomic mass is 10.1. The average Bonchev–Trinajstić information content (AvgIpc) is 2.43. The maximum atomic E-state index is 13.1. The summed E-state index contributed by atoms with van der Waals surface area (Å²) in [7, 11) is 0. The van der Waals surface area contributed by atoms with Crippen molar-refractivity contribution < 1.29 is 13.6 Å². The van der Waals surface area contributed by atoms with Crippen LogP contribution in [0.15, 0.2) is 42.5 Å². The van der Waals surface area contributed by atoms with Crippen LogP contribution in [-0.2, 0) is 11.2 Å². The third-order valence-corrected chi connectivity index (χ3v) is 3.07. The maximum Gasteiger partial charge on any atom is 0.228 e. The van der Waals surface area contributed by atoms with Gasteiger partial charge in [-0.1, -0.05) is 18.2 Å². The maximum absolute atomic E-state index is 13.1. The van der Waals surface area contributed by atoms with Crippen LogP contribution in [0.5, 0.6) is 0 Å². The first-order valence-corrected chi connectivity index (χ1v) is 6.55. The molecule has 1 atom stereocenters. The van der Waals surface area contributed by atoms with E-state index in [9.17, 15) is 13.6 Å². The predicted octanol–water partition coefficient (Wildman–Crippen LogP) is 3.17. The quantitative estimate of drug-likeness (QED) is 0.908. The third-order valence-electron chi connectivity index (χ3n) is 3.07. The van der Waals surface area contributed by atoms with E-state index in [1.807, 2.05) is 19.1 Å². The number of carbonyl (C=O) groups excluding carboxylic acids is 1. The second-order valence-corrected chi connectivity index (χ2v) is 4.88. The Labute approximate surface area is 121 Å². The summed E-state index contributed by atoms with van der Waals surface area (Å²) < 4.78 is 25.9. The molecule has 2 aromatic rings. The molecule has 5 heteroatoms. The first kappa shape index (κ1) is 15.1. The van der Waals surface area contributed by atoms with Crippen molar-refractivity contribution in [2.75, 3.05) is 5.32 Å². The van der Waals surface area contributed by atoms with Gasteiger partial charge in [-0.25, -0.2) is 8.78 Å². The van der Waals surface area contributed by atoms with Crippen LogP contribution in [-0.4, -0.2) is 5.91 Å². The number of hydrogen-bond donors (Lipinski definition) is 2. The molecule has 0 bridgehead atoms. The molecule has 0 aliphatic rings. The van der Waals surface area contributed by atoms with E-state index in [0.717, 1.165) is 17.7 Å². The van der Waals surface area contributed by atoms with Crippen molar-refractivity contribution in [2.45, 2.75) is 19.4 Å². The van der Waals surface area contributed by atoms with Crippen molar-refractivity contribution in [3.63, 3.8) is 0 Å². The molecule has 3 N–H and O–H groups in total. The molecule has 0 aliphatic heterocycles. The van der Waals surface area contributed by atoms with Crippen molar-refractivity contribution in [1.82, 2.24) is 0 Å². The number of nitrogens with two attached hydrogens (primary N) is 1. The van der Waals surface area contributed by atoms with Gasteiger partial charge in [0.05, 0.1) is 6.42 Å². The Morgan fingerprint density at radius 2 is 1.81 bits per heavy atom. The molecule has 1 amide bonds. The Morgan fingerprint density at radius 1 is 1.14 bits per heavy atom. The van der Waals surface area contributed by atoms with Gasteiger partial charge in [-0.3, -0.25) is 4.79 Å². The SMILES string of the molecule is CC(N)c1ccc(NC(=O)Cc2ccc(F)c(F)c2)cc1. The van der Waals surface area contributed by atoms with E-state index >= 15 is 0 Å². The van der Waals surface area contributed by atoms with E-state index in [0.29, 0.717) is 11.3 Å². The molecule has 0 saturated carbocycles. The molecule has 0 aliphatic carbocycles. The molecule has 0 spiro atoms. The monoisotopic (exact) mass is 290 g/mol. The molecule has 2 rings (SSSR count). The molecule has 0 radical (unpaired) electrons. The van der Waals surface area contributed by atoms with Crippen LogP contribution < -0.4 is 11.1 Å². The Morgan fingerprint density at radius 3 is 2.38 bits per heavy atom. The molecular weight excluding hydrogens is 274 g/mol. The number of carbonyl (C=O) groups is 1. The zero-order valence-electron chi connectivity index (χ0n) is 11.6. The summed E-state index contributed by atoms with van der Waals surface area (Å²) in [4.78, 5) is 11.8. The third kappa shape index (κ3) is 4.10. The van der Waals surface area contributed by atoms with Crippen LogP contribution in [0.1, 0.15) is 24.1 Å². The highest BCUT2D eigenvalue weighted by molar-refractivity contribution is 5.92. The van der Waals surface area contributed by atoms with E-state index in [-0.39, 0.29) is 18.4 Å². The lowest BCUT2D eigenvalue weighted by Crippen LogP contribution is -2.14. The van der Waals surface area contributed by atoms with Gasteiger partial charge in [-0.2, -0.15) is 0 Å².